The fourth-order valence-electron chi connectivity index (χ4n) is 3.43. The van der Waals surface area contributed by atoms with E-state index in [0.29, 0.717) is 24.5 Å². The first kappa shape index (κ1) is 21.9. The largest absolute Gasteiger partial charge is 0.488 e. The second kappa shape index (κ2) is 8.67. The molecule has 1 aromatic carbocycles. The Bertz CT molecular complexity index is 1280. The fraction of sp³-hybridized carbons (Fsp3) is 0.364. The molecule has 2 N–H and O–H groups in total. The molecule has 0 bridgehead atoms. The third kappa shape index (κ3) is 4.34. The molecule has 32 heavy (non-hydrogen) atoms. The lowest BCUT2D eigenvalue weighted by molar-refractivity contribution is -0.00306. The maximum Gasteiger partial charge on any atom is 0.276 e. The number of aryl methyl sites for hydroxylation is 2. The van der Waals surface area contributed by atoms with Gasteiger partial charge in [-0.05, 0) is 24.6 Å². The molecule has 1 saturated heterocycles. The average Bonchev–Trinajstić information content (AvgIpc) is 3.00. The first-order valence-corrected chi connectivity index (χ1v) is 11.5. The van der Waals surface area contributed by atoms with Crippen LogP contribution < -0.4 is 14.8 Å². The van der Waals surface area contributed by atoms with Gasteiger partial charge in [-0.15, -0.1) is 5.92 Å². The number of rotatable bonds is 3. The van der Waals surface area contributed by atoms with Crippen LogP contribution in [-0.4, -0.2) is 44.8 Å². The van der Waals surface area contributed by atoms with Gasteiger partial charge in [0.1, 0.15) is 11.5 Å². The summed E-state index contributed by atoms with van der Waals surface area (Å²) in [7, 11) is -2.33. The molecule has 3 heterocycles. The third-order valence-corrected chi connectivity index (χ3v) is 6.78. The van der Waals surface area contributed by atoms with Crippen LogP contribution in [0.2, 0.25) is 0 Å². The van der Waals surface area contributed by atoms with Gasteiger partial charge in [-0.3, -0.25) is 4.79 Å². The van der Waals surface area contributed by atoms with E-state index in [1.54, 1.807) is 32.2 Å². The second-order valence-electron chi connectivity index (χ2n) is 7.77. The van der Waals surface area contributed by atoms with Crippen LogP contribution in [0.25, 0.3) is 0 Å². The molecule has 9 nitrogen and oxygen atoms in total. The highest BCUT2D eigenvalue weighted by Crippen LogP contribution is 2.33. The predicted molar refractivity (Wildman–Crippen MR) is 116 cm³/mol. The van der Waals surface area contributed by atoms with Crippen molar-refractivity contribution in [2.45, 2.75) is 24.3 Å². The number of carbonyl (C=O) groups excluding carboxylic acids is 1. The van der Waals surface area contributed by atoms with Crippen molar-refractivity contribution in [3.05, 3.63) is 41.2 Å². The summed E-state index contributed by atoms with van der Waals surface area (Å²) in [6.45, 7) is 3.03. The number of hydrogen-bond donors (Lipinski definition) is 2. The molecule has 166 valence electrons. The van der Waals surface area contributed by atoms with Gasteiger partial charge in [0, 0.05) is 25.4 Å². The Labute approximate surface area is 186 Å². The molecule has 2 aliphatic heterocycles. The fourth-order valence-corrected chi connectivity index (χ4v) is 4.84. The summed E-state index contributed by atoms with van der Waals surface area (Å²) in [4.78, 5) is 12.9. The summed E-state index contributed by atoms with van der Waals surface area (Å²) in [6, 6.07) is 6.50. The van der Waals surface area contributed by atoms with Crippen LogP contribution in [-0.2, 0) is 21.8 Å². The van der Waals surface area contributed by atoms with Crippen LogP contribution in [0.15, 0.2) is 29.3 Å². The van der Waals surface area contributed by atoms with Crippen molar-refractivity contribution in [1.29, 1.82) is 5.26 Å². The smallest absolute Gasteiger partial charge is 0.276 e. The van der Waals surface area contributed by atoms with Crippen molar-refractivity contribution >= 4 is 21.6 Å². The van der Waals surface area contributed by atoms with Crippen molar-refractivity contribution in [1.82, 2.24) is 9.29 Å². The summed E-state index contributed by atoms with van der Waals surface area (Å²) in [6.07, 6.45) is 1.64. The van der Waals surface area contributed by atoms with Crippen LogP contribution in [0.1, 0.15) is 28.0 Å². The zero-order valence-corrected chi connectivity index (χ0v) is 18.5. The molecule has 0 saturated carbocycles. The maximum absolute atomic E-state index is 13.0. The van der Waals surface area contributed by atoms with E-state index in [2.05, 4.69) is 27.9 Å². The molecule has 1 amide bonds. The molecule has 4 rings (SSSR count). The number of fused-ring (bicyclic) bond motifs is 1. The summed E-state index contributed by atoms with van der Waals surface area (Å²) in [5, 5.41) is 11.9. The van der Waals surface area contributed by atoms with Crippen molar-refractivity contribution in [2.75, 3.05) is 25.1 Å². The number of nitriles is 1. The SMILES string of the molecule is Cc1ccc(NC(=O)c2c3c(cn2C)S(=O)(=O)N[C@H](CC#CC2COC2)CO3)cc1C#N. The number of nitrogens with one attached hydrogen (secondary N) is 2. The number of nitrogens with zero attached hydrogens (tertiary/aromatic N) is 2. The molecule has 2 aliphatic rings. The number of ether oxygens (including phenoxy) is 2. The van der Waals surface area contributed by atoms with Gasteiger partial charge < -0.3 is 19.4 Å². The van der Waals surface area contributed by atoms with Crippen LogP contribution in [0.5, 0.6) is 5.75 Å². The third-order valence-electron chi connectivity index (χ3n) is 5.27. The molecular weight excluding hydrogens is 432 g/mol. The standard InChI is InChI=1S/C22H22N4O5S/c1-14-6-7-17(8-16(14)9-23)24-22(27)20-21-19(10-26(20)2)32(28,29)25-18(13-31-21)5-3-4-15-11-30-12-15/h6-8,10,15,18,25H,5,11-13H2,1-2H3,(H,24,27)/t18-/m1/s1. The topological polar surface area (TPSA) is 122 Å². The maximum atomic E-state index is 13.0. The van der Waals surface area contributed by atoms with E-state index in [-0.39, 0.29) is 35.3 Å². The number of carbonyl (C=O) groups is 1. The molecular formula is C22H22N4O5S. The van der Waals surface area contributed by atoms with Gasteiger partial charge >= 0.3 is 0 Å². The first-order valence-electron chi connectivity index (χ1n) is 10.0. The van der Waals surface area contributed by atoms with Gasteiger partial charge in [0.05, 0.1) is 36.8 Å². The predicted octanol–water partition coefficient (Wildman–Crippen LogP) is 1.54. The number of hydrogen-bond acceptors (Lipinski definition) is 6. The zero-order valence-electron chi connectivity index (χ0n) is 17.6. The molecule has 0 unspecified atom stereocenters. The highest BCUT2D eigenvalue weighted by Gasteiger charge is 2.34. The number of benzene rings is 1. The van der Waals surface area contributed by atoms with E-state index in [0.717, 1.165) is 5.56 Å². The Balaban J connectivity index is 1.57. The molecule has 2 aromatic rings. The number of sulfonamides is 1. The molecule has 1 aromatic heterocycles. The number of amides is 1. The van der Waals surface area contributed by atoms with E-state index < -0.39 is 22.0 Å². The highest BCUT2D eigenvalue weighted by molar-refractivity contribution is 7.89. The van der Waals surface area contributed by atoms with Crippen LogP contribution in [0, 0.1) is 36.0 Å². The van der Waals surface area contributed by atoms with Crippen molar-refractivity contribution < 1.29 is 22.7 Å². The summed E-state index contributed by atoms with van der Waals surface area (Å²) in [5.41, 5.74) is 1.73. The Morgan fingerprint density at radius 3 is 2.81 bits per heavy atom. The van der Waals surface area contributed by atoms with E-state index in [9.17, 15) is 18.5 Å². The van der Waals surface area contributed by atoms with Crippen molar-refractivity contribution in [2.24, 2.45) is 13.0 Å². The number of aromatic nitrogens is 1. The lowest BCUT2D eigenvalue weighted by Gasteiger charge is -2.20. The first-order chi connectivity index (χ1) is 15.3. The second-order valence-corrected chi connectivity index (χ2v) is 9.45. The van der Waals surface area contributed by atoms with E-state index in [1.165, 1.54) is 10.8 Å². The molecule has 0 spiro atoms. The average molecular weight is 455 g/mol. The minimum Gasteiger partial charge on any atom is -0.488 e. The van der Waals surface area contributed by atoms with Gasteiger partial charge in [-0.25, -0.2) is 13.1 Å². The molecule has 1 atom stereocenters. The van der Waals surface area contributed by atoms with Crippen LogP contribution in [0.4, 0.5) is 5.69 Å². The Morgan fingerprint density at radius 2 is 2.12 bits per heavy atom. The quantitative estimate of drug-likeness (QED) is 0.679. The Morgan fingerprint density at radius 1 is 1.34 bits per heavy atom. The van der Waals surface area contributed by atoms with E-state index >= 15 is 0 Å². The molecule has 0 radical (unpaired) electrons. The van der Waals surface area contributed by atoms with E-state index in [1.807, 2.05) is 0 Å². The van der Waals surface area contributed by atoms with Gasteiger partial charge in [0.25, 0.3) is 5.91 Å². The highest BCUT2D eigenvalue weighted by atomic mass is 32.2. The van der Waals surface area contributed by atoms with Crippen molar-refractivity contribution in [3.8, 4) is 23.7 Å². The zero-order chi connectivity index (χ0) is 22.9. The minimum absolute atomic E-state index is 0.00651. The monoisotopic (exact) mass is 454 g/mol. The van der Waals surface area contributed by atoms with E-state index in [4.69, 9.17) is 9.47 Å². The normalized spacial score (nSPS) is 19.2. The minimum atomic E-state index is -3.91. The Hall–Kier alpha value is -3.31. The van der Waals surface area contributed by atoms with Gasteiger partial charge in [0.15, 0.2) is 11.4 Å². The Kier molecular flexibility index (Phi) is 5.94. The molecule has 10 heteroatoms. The number of anilines is 1. The lowest BCUT2D eigenvalue weighted by Crippen LogP contribution is -2.36. The van der Waals surface area contributed by atoms with Crippen LogP contribution >= 0.6 is 0 Å². The summed E-state index contributed by atoms with van der Waals surface area (Å²) in [5.74, 6) is 5.68. The summed E-state index contributed by atoms with van der Waals surface area (Å²) >= 11 is 0. The van der Waals surface area contributed by atoms with Gasteiger partial charge in [-0.2, -0.15) is 5.26 Å². The molecule has 0 aliphatic carbocycles. The van der Waals surface area contributed by atoms with Crippen LogP contribution in [0.3, 0.4) is 0 Å². The molecule has 1 fully saturated rings. The lowest BCUT2D eigenvalue weighted by atomic mass is 10.1. The van der Waals surface area contributed by atoms with Crippen molar-refractivity contribution in [3.63, 3.8) is 0 Å². The summed E-state index contributed by atoms with van der Waals surface area (Å²) < 4.78 is 40.7. The van der Waals surface area contributed by atoms with Gasteiger partial charge in [-0.1, -0.05) is 12.0 Å². The van der Waals surface area contributed by atoms with Gasteiger partial charge in [0.2, 0.25) is 10.0 Å².